The number of benzene rings is 3. The summed E-state index contributed by atoms with van der Waals surface area (Å²) in [4.78, 5) is 28.5. The zero-order valence-corrected chi connectivity index (χ0v) is 24.8. The number of amides is 2. The molecule has 0 radical (unpaired) electrons. The average molecular weight is 586 g/mol. The van der Waals surface area contributed by atoms with Crippen LogP contribution in [0.4, 0.5) is 5.69 Å². The third-order valence-electron chi connectivity index (χ3n) is 6.52. The van der Waals surface area contributed by atoms with Gasteiger partial charge >= 0.3 is 0 Å². The van der Waals surface area contributed by atoms with Crippen LogP contribution in [0.5, 0.6) is 5.75 Å². The molecule has 3 aromatic rings. The minimum Gasteiger partial charge on any atom is -0.497 e. The van der Waals surface area contributed by atoms with E-state index < -0.39 is 28.5 Å². The van der Waals surface area contributed by atoms with Crippen LogP contribution in [0.2, 0.25) is 5.02 Å². The van der Waals surface area contributed by atoms with Gasteiger partial charge in [0.05, 0.1) is 17.7 Å². The number of halogens is 1. The number of unbranched alkanes of at least 4 members (excludes halogenated alkanes) is 1. The number of nitrogens with one attached hydrogen (secondary N) is 1. The van der Waals surface area contributed by atoms with Crippen LogP contribution >= 0.6 is 11.6 Å². The van der Waals surface area contributed by atoms with Gasteiger partial charge in [-0.15, -0.1) is 0 Å². The highest BCUT2D eigenvalue weighted by atomic mass is 35.5. The van der Waals surface area contributed by atoms with E-state index in [4.69, 9.17) is 16.3 Å². The first-order valence-corrected chi connectivity index (χ1v) is 14.9. The monoisotopic (exact) mass is 585 g/mol. The SMILES string of the molecule is CCCCNC(=O)C(C)N(Cc1cccc(OC)c1)C(=O)CN(c1ccc(Cl)cc1C)S(=O)(=O)c1ccccc1. The zero-order valence-electron chi connectivity index (χ0n) is 23.3. The molecule has 3 rings (SSSR count). The summed E-state index contributed by atoms with van der Waals surface area (Å²) >= 11 is 6.15. The van der Waals surface area contributed by atoms with Gasteiger partial charge in [0.1, 0.15) is 18.3 Å². The van der Waals surface area contributed by atoms with Gasteiger partial charge in [-0.05, 0) is 73.9 Å². The lowest BCUT2D eigenvalue weighted by Crippen LogP contribution is -2.51. The number of rotatable bonds is 13. The number of hydrogen-bond acceptors (Lipinski definition) is 5. The molecule has 2 amide bonds. The quantitative estimate of drug-likeness (QED) is 0.279. The Kier molecular flexibility index (Phi) is 11.0. The van der Waals surface area contributed by atoms with Crippen LogP contribution in [0.25, 0.3) is 0 Å². The predicted molar refractivity (Wildman–Crippen MR) is 158 cm³/mol. The van der Waals surface area contributed by atoms with Crippen LogP contribution in [-0.2, 0) is 26.2 Å². The molecule has 1 atom stereocenters. The first-order valence-electron chi connectivity index (χ1n) is 13.1. The van der Waals surface area contributed by atoms with E-state index in [1.165, 1.54) is 17.0 Å². The lowest BCUT2D eigenvalue weighted by molar-refractivity contribution is -0.139. The molecule has 10 heteroatoms. The molecule has 0 aliphatic carbocycles. The average Bonchev–Trinajstić information content (AvgIpc) is 2.95. The Morgan fingerprint density at radius 1 is 1.02 bits per heavy atom. The van der Waals surface area contributed by atoms with Crippen molar-refractivity contribution in [2.45, 2.75) is 51.1 Å². The normalized spacial score (nSPS) is 11.9. The first kappa shape index (κ1) is 31.0. The molecule has 0 aromatic heterocycles. The van der Waals surface area contributed by atoms with Crippen LogP contribution in [0, 0.1) is 6.92 Å². The highest BCUT2D eigenvalue weighted by molar-refractivity contribution is 7.92. The van der Waals surface area contributed by atoms with Crippen molar-refractivity contribution in [1.82, 2.24) is 10.2 Å². The van der Waals surface area contributed by atoms with E-state index in [1.54, 1.807) is 75.6 Å². The Bertz CT molecular complexity index is 1420. The fraction of sp³-hybridized carbons (Fsp3) is 0.333. The van der Waals surface area contributed by atoms with Crippen LogP contribution in [-0.4, -0.2) is 51.4 Å². The first-order chi connectivity index (χ1) is 19.1. The predicted octanol–water partition coefficient (Wildman–Crippen LogP) is 5.19. The fourth-order valence-corrected chi connectivity index (χ4v) is 5.94. The van der Waals surface area contributed by atoms with Crippen molar-refractivity contribution in [3.05, 3.63) is 88.9 Å². The summed E-state index contributed by atoms with van der Waals surface area (Å²) in [6.07, 6.45) is 1.72. The fourth-order valence-electron chi connectivity index (χ4n) is 4.22. The molecule has 0 fully saturated rings. The maximum atomic E-state index is 14.0. The van der Waals surface area contributed by atoms with Crippen molar-refractivity contribution in [3.63, 3.8) is 0 Å². The Morgan fingerprint density at radius 3 is 2.40 bits per heavy atom. The van der Waals surface area contributed by atoms with Crippen molar-refractivity contribution in [2.75, 3.05) is 24.5 Å². The van der Waals surface area contributed by atoms with Gasteiger partial charge in [0.2, 0.25) is 11.8 Å². The Balaban J connectivity index is 2.03. The van der Waals surface area contributed by atoms with Gasteiger partial charge in [-0.1, -0.05) is 55.3 Å². The largest absolute Gasteiger partial charge is 0.497 e. The minimum atomic E-state index is -4.14. The minimum absolute atomic E-state index is 0.0434. The van der Waals surface area contributed by atoms with Gasteiger partial charge in [-0.2, -0.15) is 0 Å². The maximum Gasteiger partial charge on any atom is 0.264 e. The van der Waals surface area contributed by atoms with Crippen LogP contribution < -0.4 is 14.4 Å². The Hall–Kier alpha value is -3.56. The zero-order chi connectivity index (χ0) is 29.3. The summed E-state index contributed by atoms with van der Waals surface area (Å²) in [5, 5.41) is 3.33. The standard InChI is InChI=1S/C30H36ClN3O5S/c1-5-6-17-32-30(36)23(3)33(20-24-11-10-12-26(19-24)39-4)29(35)21-34(28-16-15-25(31)18-22(28)2)40(37,38)27-13-8-7-9-14-27/h7-16,18-19,23H,5-6,17,20-21H2,1-4H3,(H,32,36). The molecule has 8 nitrogen and oxygen atoms in total. The van der Waals surface area contributed by atoms with Crippen molar-refractivity contribution < 1.29 is 22.7 Å². The number of methoxy groups -OCH3 is 1. The summed E-state index contributed by atoms with van der Waals surface area (Å²) in [5.74, 6) is -0.241. The van der Waals surface area contributed by atoms with E-state index in [-0.39, 0.29) is 17.3 Å². The molecular formula is C30H36ClN3O5S. The number of sulfonamides is 1. The molecule has 40 heavy (non-hydrogen) atoms. The second kappa shape index (κ2) is 14.2. The van der Waals surface area contributed by atoms with Crippen LogP contribution in [0.3, 0.4) is 0 Å². The van der Waals surface area contributed by atoms with Crippen molar-refractivity contribution in [1.29, 1.82) is 0 Å². The smallest absolute Gasteiger partial charge is 0.264 e. The molecule has 0 saturated heterocycles. The number of carbonyl (C=O) groups excluding carboxylic acids is 2. The van der Waals surface area contributed by atoms with Crippen molar-refractivity contribution >= 4 is 39.1 Å². The molecule has 0 spiro atoms. The molecular weight excluding hydrogens is 550 g/mol. The molecule has 0 aliphatic rings. The van der Waals surface area contributed by atoms with Gasteiger partial charge in [-0.3, -0.25) is 13.9 Å². The molecule has 0 aliphatic heterocycles. The topological polar surface area (TPSA) is 96.0 Å². The van der Waals surface area contributed by atoms with Gasteiger partial charge < -0.3 is 15.0 Å². The number of ether oxygens (including phenoxy) is 1. The molecule has 0 heterocycles. The van der Waals surface area contributed by atoms with E-state index >= 15 is 0 Å². The van der Waals surface area contributed by atoms with Gasteiger partial charge in [0.15, 0.2) is 0 Å². The highest BCUT2D eigenvalue weighted by Crippen LogP contribution is 2.29. The third kappa shape index (κ3) is 7.76. The number of carbonyl (C=O) groups is 2. The molecule has 3 aromatic carbocycles. The van der Waals surface area contributed by atoms with E-state index in [0.29, 0.717) is 28.6 Å². The van der Waals surface area contributed by atoms with Crippen molar-refractivity contribution in [3.8, 4) is 5.75 Å². The Labute approximate surface area is 241 Å². The van der Waals surface area contributed by atoms with E-state index in [0.717, 1.165) is 22.7 Å². The number of nitrogens with zero attached hydrogens (tertiary/aromatic N) is 2. The van der Waals surface area contributed by atoms with E-state index in [1.807, 2.05) is 13.0 Å². The summed E-state index contributed by atoms with van der Waals surface area (Å²) in [6.45, 7) is 5.45. The van der Waals surface area contributed by atoms with Crippen LogP contribution in [0.15, 0.2) is 77.7 Å². The second-order valence-corrected chi connectivity index (χ2v) is 11.7. The number of hydrogen-bond donors (Lipinski definition) is 1. The van der Waals surface area contributed by atoms with Crippen LogP contribution in [0.1, 0.15) is 37.8 Å². The number of anilines is 1. The second-order valence-electron chi connectivity index (χ2n) is 9.45. The van der Waals surface area contributed by atoms with Crippen molar-refractivity contribution in [2.24, 2.45) is 0 Å². The molecule has 214 valence electrons. The molecule has 1 unspecified atom stereocenters. The molecule has 1 N–H and O–H groups in total. The van der Waals surface area contributed by atoms with E-state index in [9.17, 15) is 18.0 Å². The molecule has 0 bridgehead atoms. The van der Waals surface area contributed by atoms with Gasteiger partial charge in [0, 0.05) is 18.1 Å². The number of aryl methyl sites for hydroxylation is 1. The lowest BCUT2D eigenvalue weighted by atomic mass is 10.1. The molecule has 0 saturated carbocycles. The summed E-state index contributed by atoms with van der Waals surface area (Å²) in [5.41, 5.74) is 1.65. The lowest BCUT2D eigenvalue weighted by Gasteiger charge is -2.32. The summed E-state index contributed by atoms with van der Waals surface area (Å²) in [6, 6.07) is 19.1. The Morgan fingerprint density at radius 2 is 1.75 bits per heavy atom. The summed E-state index contributed by atoms with van der Waals surface area (Å²) < 4.78 is 34.2. The van der Waals surface area contributed by atoms with Gasteiger partial charge in [0.25, 0.3) is 10.0 Å². The maximum absolute atomic E-state index is 14.0. The van der Waals surface area contributed by atoms with Gasteiger partial charge in [-0.25, -0.2) is 8.42 Å². The summed E-state index contributed by atoms with van der Waals surface area (Å²) in [7, 11) is -2.59. The third-order valence-corrected chi connectivity index (χ3v) is 8.53. The van der Waals surface area contributed by atoms with E-state index in [2.05, 4.69) is 5.32 Å². The highest BCUT2D eigenvalue weighted by Gasteiger charge is 2.33.